The molecule has 0 unspecified atom stereocenters. The number of sulfonamides is 1. The van der Waals surface area contributed by atoms with E-state index in [-0.39, 0.29) is 11.4 Å². The van der Waals surface area contributed by atoms with Gasteiger partial charge in [0, 0.05) is 11.6 Å². The number of ether oxygens (including phenoxy) is 2. The summed E-state index contributed by atoms with van der Waals surface area (Å²) in [5, 5.41) is 3.22. The number of carbonyl (C=O) groups excluding carboxylic acids is 1. The fourth-order valence-corrected chi connectivity index (χ4v) is 5.37. The van der Waals surface area contributed by atoms with Gasteiger partial charge in [-0.05, 0) is 74.2 Å². The Balaban J connectivity index is 1.72. The van der Waals surface area contributed by atoms with E-state index in [0.29, 0.717) is 47.2 Å². The molecule has 3 aromatic carbocycles. The molecule has 0 atom stereocenters. The highest BCUT2D eigenvalue weighted by Crippen LogP contribution is 2.30. The van der Waals surface area contributed by atoms with E-state index < -0.39 is 15.9 Å². The molecule has 0 heterocycles. The molecular weight excluding hydrogens is 500 g/mol. The largest absolute Gasteiger partial charge is 0.493 e. The Morgan fingerprint density at radius 2 is 1.64 bits per heavy atom. The molecule has 7 nitrogen and oxygen atoms in total. The zero-order valence-corrected chi connectivity index (χ0v) is 22.4. The van der Waals surface area contributed by atoms with Crippen molar-refractivity contribution in [2.75, 3.05) is 31.6 Å². The molecule has 36 heavy (non-hydrogen) atoms. The van der Waals surface area contributed by atoms with Crippen LogP contribution >= 0.6 is 11.6 Å². The average Bonchev–Trinajstić information content (AvgIpc) is 2.86. The molecule has 0 aromatic heterocycles. The first kappa shape index (κ1) is 27.4. The number of halogens is 1. The number of methoxy groups -OCH3 is 2. The highest BCUT2D eigenvalue weighted by molar-refractivity contribution is 7.92. The smallest absolute Gasteiger partial charge is 0.264 e. The minimum absolute atomic E-state index is 0.105. The van der Waals surface area contributed by atoms with Crippen LogP contribution in [0.2, 0.25) is 5.02 Å². The number of amides is 1. The second-order valence-corrected chi connectivity index (χ2v) is 10.7. The molecule has 3 rings (SSSR count). The van der Waals surface area contributed by atoms with Gasteiger partial charge in [0.05, 0.1) is 24.8 Å². The van der Waals surface area contributed by atoms with Crippen molar-refractivity contribution < 1.29 is 22.7 Å². The standard InChI is InChI=1S/C27H31ClN2O5S/c1-19-7-12-23(13-8-19)36(32,33)30(24-17-22(28)11-9-20(24)2)18-27(31)29-15-5-6-21-10-14-25(34-3)26(16-21)35-4/h7-14,16-17H,5-6,15,18H2,1-4H3,(H,29,31). The summed E-state index contributed by atoms with van der Waals surface area (Å²) in [7, 11) is -0.838. The predicted octanol–water partition coefficient (Wildman–Crippen LogP) is 4.92. The van der Waals surface area contributed by atoms with Gasteiger partial charge in [0.15, 0.2) is 11.5 Å². The highest BCUT2D eigenvalue weighted by Gasteiger charge is 2.28. The summed E-state index contributed by atoms with van der Waals surface area (Å²) in [5.74, 6) is 0.894. The van der Waals surface area contributed by atoms with Crippen LogP contribution in [-0.4, -0.2) is 41.6 Å². The number of hydrogen-bond donors (Lipinski definition) is 1. The van der Waals surface area contributed by atoms with Gasteiger partial charge in [-0.1, -0.05) is 41.4 Å². The van der Waals surface area contributed by atoms with Crippen molar-refractivity contribution in [3.8, 4) is 11.5 Å². The van der Waals surface area contributed by atoms with E-state index in [0.717, 1.165) is 15.4 Å². The maximum atomic E-state index is 13.6. The lowest BCUT2D eigenvalue weighted by molar-refractivity contribution is -0.119. The lowest BCUT2D eigenvalue weighted by Gasteiger charge is -2.26. The third-order valence-corrected chi connectivity index (χ3v) is 7.76. The van der Waals surface area contributed by atoms with Gasteiger partial charge in [0.25, 0.3) is 10.0 Å². The molecule has 192 valence electrons. The van der Waals surface area contributed by atoms with Crippen molar-refractivity contribution in [1.29, 1.82) is 0 Å². The first-order chi connectivity index (χ1) is 17.1. The Morgan fingerprint density at radius 1 is 0.944 bits per heavy atom. The van der Waals surface area contributed by atoms with Crippen LogP contribution in [0, 0.1) is 13.8 Å². The van der Waals surface area contributed by atoms with Crippen LogP contribution in [-0.2, 0) is 21.2 Å². The average molecular weight is 531 g/mol. The third-order valence-electron chi connectivity index (χ3n) is 5.75. The molecule has 0 radical (unpaired) electrons. The Labute approximate surface area is 218 Å². The maximum absolute atomic E-state index is 13.6. The molecule has 0 aliphatic heterocycles. The monoisotopic (exact) mass is 530 g/mol. The molecule has 0 saturated carbocycles. The maximum Gasteiger partial charge on any atom is 0.264 e. The van der Waals surface area contributed by atoms with Gasteiger partial charge >= 0.3 is 0 Å². The van der Waals surface area contributed by atoms with Gasteiger partial charge in [-0.3, -0.25) is 9.10 Å². The van der Waals surface area contributed by atoms with Crippen LogP contribution in [0.25, 0.3) is 0 Å². The van der Waals surface area contributed by atoms with E-state index in [1.807, 2.05) is 25.1 Å². The third kappa shape index (κ3) is 6.71. The van der Waals surface area contributed by atoms with Gasteiger partial charge in [0.1, 0.15) is 6.54 Å². The summed E-state index contributed by atoms with van der Waals surface area (Å²) in [4.78, 5) is 13.0. The normalized spacial score (nSPS) is 11.1. The van der Waals surface area contributed by atoms with Gasteiger partial charge in [0.2, 0.25) is 5.91 Å². The second-order valence-electron chi connectivity index (χ2n) is 8.40. The molecule has 0 spiro atoms. The van der Waals surface area contributed by atoms with Crippen molar-refractivity contribution in [2.24, 2.45) is 0 Å². The molecular formula is C27H31ClN2O5S. The molecule has 0 bridgehead atoms. The molecule has 1 N–H and O–H groups in total. The van der Waals surface area contributed by atoms with Gasteiger partial charge in [-0.2, -0.15) is 0 Å². The molecule has 3 aromatic rings. The second kappa shape index (κ2) is 12.1. The summed E-state index contributed by atoms with van der Waals surface area (Å²) in [6, 6.07) is 17.2. The van der Waals surface area contributed by atoms with Crippen molar-refractivity contribution in [3.63, 3.8) is 0 Å². The van der Waals surface area contributed by atoms with Crippen molar-refractivity contribution in [2.45, 2.75) is 31.6 Å². The molecule has 0 fully saturated rings. The quantitative estimate of drug-likeness (QED) is 0.356. The summed E-state index contributed by atoms with van der Waals surface area (Å²) >= 11 is 6.18. The van der Waals surface area contributed by atoms with Crippen LogP contribution in [0.1, 0.15) is 23.1 Å². The van der Waals surface area contributed by atoms with E-state index in [1.165, 1.54) is 0 Å². The number of nitrogens with one attached hydrogen (secondary N) is 1. The van der Waals surface area contributed by atoms with Crippen molar-refractivity contribution in [1.82, 2.24) is 5.32 Å². The minimum atomic E-state index is -4.01. The van der Waals surface area contributed by atoms with Crippen LogP contribution in [0.5, 0.6) is 11.5 Å². The van der Waals surface area contributed by atoms with E-state index >= 15 is 0 Å². The lowest BCUT2D eigenvalue weighted by atomic mass is 10.1. The summed E-state index contributed by atoms with van der Waals surface area (Å²) < 4.78 is 38.8. The zero-order valence-electron chi connectivity index (χ0n) is 20.9. The van der Waals surface area contributed by atoms with Gasteiger partial charge in [-0.25, -0.2) is 8.42 Å². The van der Waals surface area contributed by atoms with Gasteiger partial charge < -0.3 is 14.8 Å². The van der Waals surface area contributed by atoms with Gasteiger partial charge in [-0.15, -0.1) is 0 Å². The number of aryl methyl sites for hydroxylation is 3. The van der Waals surface area contributed by atoms with E-state index in [4.69, 9.17) is 21.1 Å². The van der Waals surface area contributed by atoms with E-state index in [1.54, 1.807) is 63.6 Å². The predicted molar refractivity (Wildman–Crippen MR) is 143 cm³/mol. The Kier molecular flexibility index (Phi) is 9.23. The number of rotatable bonds is 11. The zero-order chi connectivity index (χ0) is 26.3. The number of benzene rings is 3. The first-order valence-electron chi connectivity index (χ1n) is 11.5. The Morgan fingerprint density at radius 3 is 2.31 bits per heavy atom. The van der Waals surface area contributed by atoms with Crippen molar-refractivity contribution >= 4 is 33.2 Å². The highest BCUT2D eigenvalue weighted by atomic mass is 35.5. The molecule has 0 aliphatic rings. The summed E-state index contributed by atoms with van der Waals surface area (Å²) in [5.41, 5.74) is 3.03. The molecule has 9 heteroatoms. The van der Waals surface area contributed by atoms with Crippen LogP contribution in [0.4, 0.5) is 5.69 Å². The SMILES string of the molecule is COc1ccc(CCCNC(=O)CN(c2cc(Cl)ccc2C)S(=O)(=O)c2ccc(C)cc2)cc1OC. The molecule has 1 amide bonds. The molecule has 0 aliphatic carbocycles. The summed E-state index contributed by atoms with van der Waals surface area (Å²) in [6.07, 6.45) is 1.38. The van der Waals surface area contributed by atoms with E-state index in [2.05, 4.69) is 5.32 Å². The summed E-state index contributed by atoms with van der Waals surface area (Å²) in [6.45, 7) is 3.68. The van der Waals surface area contributed by atoms with Crippen LogP contribution in [0.15, 0.2) is 65.6 Å². The van der Waals surface area contributed by atoms with E-state index in [9.17, 15) is 13.2 Å². The number of hydrogen-bond acceptors (Lipinski definition) is 5. The van der Waals surface area contributed by atoms with Crippen LogP contribution < -0.4 is 19.1 Å². The Bertz CT molecular complexity index is 1310. The topological polar surface area (TPSA) is 84.9 Å². The fourth-order valence-electron chi connectivity index (χ4n) is 3.73. The number of carbonyl (C=O) groups is 1. The number of nitrogens with zero attached hydrogens (tertiary/aromatic N) is 1. The molecule has 0 saturated heterocycles. The number of anilines is 1. The minimum Gasteiger partial charge on any atom is -0.493 e. The lowest BCUT2D eigenvalue weighted by Crippen LogP contribution is -2.41. The first-order valence-corrected chi connectivity index (χ1v) is 13.3. The van der Waals surface area contributed by atoms with Crippen molar-refractivity contribution in [3.05, 3.63) is 82.4 Å². The van der Waals surface area contributed by atoms with Crippen LogP contribution in [0.3, 0.4) is 0 Å². The fraction of sp³-hybridized carbons (Fsp3) is 0.296. The Hall–Kier alpha value is -3.23.